The van der Waals surface area contributed by atoms with Crippen molar-refractivity contribution in [3.05, 3.63) is 47.7 Å². The number of aryl methyl sites for hydroxylation is 1. The maximum absolute atomic E-state index is 12.6. The average Bonchev–Trinajstić information content (AvgIpc) is 3.10. The van der Waals surface area contributed by atoms with Crippen molar-refractivity contribution in [2.75, 3.05) is 32.1 Å². The van der Waals surface area contributed by atoms with E-state index in [4.69, 9.17) is 4.74 Å². The van der Waals surface area contributed by atoms with Crippen molar-refractivity contribution < 1.29 is 9.53 Å². The predicted molar refractivity (Wildman–Crippen MR) is 103 cm³/mol. The molecule has 0 bridgehead atoms. The fourth-order valence-electron chi connectivity index (χ4n) is 3.63. The summed E-state index contributed by atoms with van der Waals surface area (Å²) in [6.45, 7) is 6.93. The first-order chi connectivity index (χ1) is 12.6. The van der Waals surface area contributed by atoms with Crippen LogP contribution in [0.1, 0.15) is 41.7 Å². The lowest BCUT2D eigenvalue weighted by Crippen LogP contribution is -2.42. The van der Waals surface area contributed by atoms with Crippen molar-refractivity contribution in [3.63, 3.8) is 0 Å². The molecule has 0 aliphatic carbocycles. The Labute approximate surface area is 155 Å². The zero-order chi connectivity index (χ0) is 18.5. The van der Waals surface area contributed by atoms with E-state index >= 15 is 0 Å². The van der Waals surface area contributed by atoms with E-state index < -0.39 is 0 Å². The third-order valence-corrected chi connectivity index (χ3v) is 5.18. The third-order valence-electron chi connectivity index (χ3n) is 5.18. The molecule has 6 heteroatoms. The molecular weight excluding hydrogens is 328 g/mol. The molecule has 1 atom stereocenters. The van der Waals surface area contributed by atoms with E-state index in [-0.39, 0.29) is 5.91 Å². The summed E-state index contributed by atoms with van der Waals surface area (Å²) < 4.78 is 7.23. The monoisotopic (exact) mass is 356 g/mol. The Hall–Kier alpha value is -2.18. The molecule has 1 saturated heterocycles. The molecule has 0 radical (unpaired) electrons. The molecule has 140 valence electrons. The second kappa shape index (κ2) is 8.47. The van der Waals surface area contributed by atoms with E-state index in [1.165, 1.54) is 0 Å². The van der Waals surface area contributed by atoms with E-state index in [0.717, 1.165) is 43.9 Å². The number of anilines is 1. The van der Waals surface area contributed by atoms with Crippen molar-refractivity contribution >= 4 is 11.7 Å². The Morgan fingerprint density at radius 2 is 2.04 bits per heavy atom. The first-order valence-electron chi connectivity index (χ1n) is 9.23. The summed E-state index contributed by atoms with van der Waals surface area (Å²) in [6.07, 6.45) is 3.79. The third kappa shape index (κ3) is 4.14. The topological polar surface area (TPSA) is 59.4 Å². The fourth-order valence-corrected chi connectivity index (χ4v) is 3.63. The Bertz CT molecular complexity index is 735. The van der Waals surface area contributed by atoms with Crippen LogP contribution in [-0.4, -0.2) is 53.4 Å². The van der Waals surface area contributed by atoms with Gasteiger partial charge in [-0.1, -0.05) is 18.2 Å². The van der Waals surface area contributed by atoms with Gasteiger partial charge in [-0.15, -0.1) is 0 Å². The van der Waals surface area contributed by atoms with Crippen LogP contribution in [-0.2, 0) is 4.74 Å². The number of carbonyl (C=O) groups excluding carboxylic acids is 1. The van der Waals surface area contributed by atoms with Crippen molar-refractivity contribution in [1.82, 2.24) is 14.7 Å². The molecule has 2 aromatic rings. The van der Waals surface area contributed by atoms with Crippen molar-refractivity contribution in [2.24, 2.45) is 0 Å². The second-order valence-corrected chi connectivity index (χ2v) is 7.00. The highest BCUT2D eigenvalue weighted by Crippen LogP contribution is 2.26. The number of aromatic nitrogens is 2. The number of amides is 1. The molecule has 2 heterocycles. The predicted octanol–water partition coefficient (Wildman–Crippen LogP) is 3.12. The minimum Gasteiger partial charge on any atom is -0.383 e. The Kier molecular flexibility index (Phi) is 6.06. The van der Waals surface area contributed by atoms with Gasteiger partial charge in [0.25, 0.3) is 5.91 Å². The highest BCUT2D eigenvalue weighted by Gasteiger charge is 2.25. The number of nitrogens with one attached hydrogen (secondary N) is 1. The number of nitrogens with zero attached hydrogens (tertiary/aromatic N) is 3. The molecule has 0 saturated carbocycles. The number of hydrogen-bond acceptors (Lipinski definition) is 4. The molecule has 6 nitrogen and oxygen atoms in total. The maximum Gasteiger partial charge on any atom is 0.257 e. The first-order valence-corrected chi connectivity index (χ1v) is 9.23. The molecule has 1 aromatic carbocycles. The van der Waals surface area contributed by atoms with Crippen LogP contribution >= 0.6 is 0 Å². The number of ether oxygens (including phenoxy) is 1. The summed E-state index contributed by atoms with van der Waals surface area (Å²) in [5.74, 6) is 0.678. The summed E-state index contributed by atoms with van der Waals surface area (Å²) in [5, 5.41) is 7.50. The SMILES string of the molecule is COC[C@@H](C)N1CCC(n2nccc2NC(=O)c2ccccc2C)CC1. The summed E-state index contributed by atoms with van der Waals surface area (Å²) in [7, 11) is 1.75. The van der Waals surface area contributed by atoms with Crippen molar-refractivity contribution in [1.29, 1.82) is 0 Å². The molecule has 1 amide bonds. The lowest BCUT2D eigenvalue weighted by atomic mass is 10.0. The minimum absolute atomic E-state index is 0.0870. The Balaban J connectivity index is 1.64. The van der Waals surface area contributed by atoms with Gasteiger partial charge in [0.2, 0.25) is 0 Å². The number of hydrogen-bond donors (Lipinski definition) is 1. The van der Waals surface area contributed by atoms with Gasteiger partial charge in [-0.25, -0.2) is 4.68 Å². The lowest BCUT2D eigenvalue weighted by Gasteiger charge is -2.36. The average molecular weight is 356 g/mol. The minimum atomic E-state index is -0.0870. The smallest absolute Gasteiger partial charge is 0.257 e. The summed E-state index contributed by atoms with van der Waals surface area (Å²) in [5.41, 5.74) is 1.67. The number of methoxy groups -OCH3 is 1. The number of benzene rings is 1. The quantitative estimate of drug-likeness (QED) is 0.864. The van der Waals surface area contributed by atoms with Crippen LogP contribution in [0.2, 0.25) is 0 Å². The summed E-state index contributed by atoms with van der Waals surface area (Å²) >= 11 is 0. The molecule has 1 aliphatic heterocycles. The van der Waals surface area contributed by atoms with Crippen molar-refractivity contribution in [2.45, 2.75) is 38.8 Å². The van der Waals surface area contributed by atoms with Crippen LogP contribution in [0.25, 0.3) is 0 Å². The van der Waals surface area contributed by atoms with Gasteiger partial charge in [0.05, 0.1) is 18.8 Å². The van der Waals surface area contributed by atoms with E-state index in [9.17, 15) is 4.79 Å². The summed E-state index contributed by atoms with van der Waals surface area (Å²) in [4.78, 5) is 15.1. The van der Waals surface area contributed by atoms with Crippen LogP contribution in [0, 0.1) is 6.92 Å². The normalized spacial score (nSPS) is 17.2. The van der Waals surface area contributed by atoms with Gasteiger partial charge in [0.15, 0.2) is 0 Å². The Morgan fingerprint density at radius 1 is 1.31 bits per heavy atom. The number of piperidine rings is 1. The zero-order valence-electron chi connectivity index (χ0n) is 15.8. The first kappa shape index (κ1) is 18.6. The van der Waals surface area contributed by atoms with Gasteiger partial charge in [-0.05, 0) is 38.3 Å². The Morgan fingerprint density at radius 3 is 2.73 bits per heavy atom. The van der Waals surface area contributed by atoms with E-state index in [1.54, 1.807) is 13.3 Å². The largest absolute Gasteiger partial charge is 0.383 e. The van der Waals surface area contributed by atoms with Crippen LogP contribution in [0.4, 0.5) is 5.82 Å². The zero-order valence-corrected chi connectivity index (χ0v) is 15.8. The molecule has 1 aromatic heterocycles. The standard InChI is InChI=1S/C20H28N4O2/c1-15-6-4-5-7-18(15)20(25)22-19-8-11-21-24(19)17-9-12-23(13-10-17)16(2)14-26-3/h4-8,11,16-17H,9-10,12-14H2,1-3H3,(H,22,25)/t16-/m1/s1. The van der Waals surface area contributed by atoms with E-state index in [0.29, 0.717) is 17.6 Å². The van der Waals surface area contributed by atoms with Crippen LogP contribution < -0.4 is 5.32 Å². The fraction of sp³-hybridized carbons (Fsp3) is 0.500. The van der Waals surface area contributed by atoms with Crippen LogP contribution in [0.15, 0.2) is 36.5 Å². The maximum atomic E-state index is 12.6. The van der Waals surface area contributed by atoms with Crippen LogP contribution in [0.5, 0.6) is 0 Å². The van der Waals surface area contributed by atoms with Gasteiger partial charge < -0.3 is 10.1 Å². The van der Waals surface area contributed by atoms with Gasteiger partial charge >= 0.3 is 0 Å². The number of likely N-dealkylation sites (tertiary alicyclic amines) is 1. The molecule has 26 heavy (non-hydrogen) atoms. The van der Waals surface area contributed by atoms with Gasteiger partial charge in [0, 0.05) is 37.9 Å². The molecule has 0 unspecified atom stereocenters. The van der Waals surface area contributed by atoms with E-state index in [1.807, 2.05) is 41.9 Å². The highest BCUT2D eigenvalue weighted by atomic mass is 16.5. The highest BCUT2D eigenvalue weighted by molar-refractivity contribution is 6.04. The molecule has 1 N–H and O–H groups in total. The van der Waals surface area contributed by atoms with Gasteiger partial charge in [-0.3, -0.25) is 9.69 Å². The van der Waals surface area contributed by atoms with E-state index in [2.05, 4.69) is 22.2 Å². The number of rotatable bonds is 6. The molecule has 1 fully saturated rings. The lowest BCUT2D eigenvalue weighted by molar-refractivity contribution is 0.0736. The second-order valence-electron chi connectivity index (χ2n) is 7.00. The number of carbonyl (C=O) groups is 1. The van der Waals surface area contributed by atoms with Crippen LogP contribution in [0.3, 0.4) is 0 Å². The molecule has 3 rings (SSSR count). The molecule has 1 aliphatic rings. The van der Waals surface area contributed by atoms with Gasteiger partial charge in [-0.2, -0.15) is 5.10 Å². The van der Waals surface area contributed by atoms with Gasteiger partial charge in [0.1, 0.15) is 5.82 Å². The summed E-state index contributed by atoms with van der Waals surface area (Å²) in [6, 6.07) is 10.2. The molecule has 0 spiro atoms. The van der Waals surface area contributed by atoms with Crippen molar-refractivity contribution in [3.8, 4) is 0 Å². The molecular formula is C20H28N4O2.